The van der Waals surface area contributed by atoms with Gasteiger partial charge in [-0.25, -0.2) is 0 Å². The van der Waals surface area contributed by atoms with Crippen LogP contribution in [-0.2, 0) is 5.00 Å². The molecule has 0 spiro atoms. The first kappa shape index (κ1) is 9.56. The Kier molecular flexibility index (Phi) is 2.76. The van der Waals surface area contributed by atoms with Crippen LogP contribution in [0.1, 0.15) is 19.4 Å². The predicted octanol–water partition coefficient (Wildman–Crippen LogP) is 2.69. The van der Waals surface area contributed by atoms with E-state index in [1.165, 1.54) is 0 Å². The average Bonchev–Trinajstić information content (AvgIpc) is 2.06. The molecule has 0 aromatic heterocycles. The van der Waals surface area contributed by atoms with Gasteiger partial charge in [0.25, 0.3) is 0 Å². The van der Waals surface area contributed by atoms with Gasteiger partial charge < -0.3 is 5.73 Å². The van der Waals surface area contributed by atoms with E-state index in [9.17, 15) is 0 Å². The van der Waals surface area contributed by atoms with Crippen LogP contribution in [0.3, 0.4) is 0 Å². The fourth-order valence-corrected chi connectivity index (χ4v) is 1.15. The number of hydrogen-bond donors (Lipinski definition) is 1. The van der Waals surface area contributed by atoms with E-state index in [0.29, 0.717) is 0 Å². The minimum absolute atomic E-state index is 0.224. The number of hydrogen-bond acceptors (Lipinski definition) is 1. The number of alkyl halides is 1. The Hall–Kier alpha value is -0.530. The summed E-state index contributed by atoms with van der Waals surface area (Å²) in [6.07, 6.45) is 0. The Morgan fingerprint density at radius 2 is 1.75 bits per heavy atom. The molecule has 0 radical (unpaired) electrons. The van der Waals surface area contributed by atoms with Crippen molar-refractivity contribution in [3.8, 4) is 0 Å². The monoisotopic (exact) mass is 183 g/mol. The van der Waals surface area contributed by atoms with E-state index in [-0.39, 0.29) is 5.92 Å². The molecular weight excluding hydrogens is 170 g/mol. The van der Waals surface area contributed by atoms with Gasteiger partial charge >= 0.3 is 0 Å². The summed E-state index contributed by atoms with van der Waals surface area (Å²) < 4.78 is 0. The fourth-order valence-electron chi connectivity index (χ4n) is 1.03. The molecule has 1 rings (SSSR count). The first-order valence-corrected chi connectivity index (χ1v) is 4.46. The topological polar surface area (TPSA) is 26.0 Å². The highest BCUT2D eigenvalue weighted by Gasteiger charge is 2.27. The largest absolute Gasteiger partial charge is 0.309 e. The van der Waals surface area contributed by atoms with Crippen LogP contribution in [0.5, 0.6) is 0 Å². The molecule has 1 aromatic rings. The molecule has 0 fully saturated rings. The van der Waals surface area contributed by atoms with Crippen molar-refractivity contribution < 1.29 is 0 Å². The molecule has 0 saturated heterocycles. The highest BCUT2D eigenvalue weighted by molar-refractivity contribution is 6.23. The van der Waals surface area contributed by atoms with E-state index in [0.717, 1.165) is 5.56 Å². The lowest BCUT2D eigenvalue weighted by atomic mass is 9.96. The minimum atomic E-state index is -0.735. The van der Waals surface area contributed by atoms with E-state index < -0.39 is 5.00 Å². The quantitative estimate of drug-likeness (QED) is 0.554. The van der Waals surface area contributed by atoms with Crippen LogP contribution in [0.15, 0.2) is 30.3 Å². The van der Waals surface area contributed by atoms with Crippen LogP contribution >= 0.6 is 11.6 Å². The molecule has 0 amide bonds. The molecule has 0 saturated carbocycles. The maximum atomic E-state index is 6.17. The number of benzene rings is 1. The molecule has 0 aliphatic rings. The Morgan fingerprint density at radius 1 is 1.25 bits per heavy atom. The summed E-state index contributed by atoms with van der Waals surface area (Å²) in [7, 11) is 0. The molecule has 0 aliphatic carbocycles. The zero-order valence-electron chi connectivity index (χ0n) is 7.42. The summed E-state index contributed by atoms with van der Waals surface area (Å²) in [5.74, 6) is 0.224. The van der Waals surface area contributed by atoms with E-state index in [1.807, 2.05) is 44.2 Å². The zero-order chi connectivity index (χ0) is 9.19. The van der Waals surface area contributed by atoms with Gasteiger partial charge in [0.1, 0.15) is 5.00 Å². The van der Waals surface area contributed by atoms with Gasteiger partial charge in [0.2, 0.25) is 0 Å². The lowest BCUT2D eigenvalue weighted by Crippen LogP contribution is -2.35. The van der Waals surface area contributed by atoms with Crippen molar-refractivity contribution in [2.45, 2.75) is 18.8 Å². The first-order valence-electron chi connectivity index (χ1n) is 4.08. The van der Waals surface area contributed by atoms with Crippen molar-refractivity contribution in [2.24, 2.45) is 11.7 Å². The zero-order valence-corrected chi connectivity index (χ0v) is 8.18. The second kappa shape index (κ2) is 3.46. The average molecular weight is 184 g/mol. The van der Waals surface area contributed by atoms with Crippen molar-refractivity contribution in [1.29, 1.82) is 0 Å². The third-order valence-corrected chi connectivity index (χ3v) is 2.71. The van der Waals surface area contributed by atoms with Crippen LogP contribution in [-0.4, -0.2) is 0 Å². The van der Waals surface area contributed by atoms with Crippen LogP contribution in [0, 0.1) is 5.92 Å². The molecule has 2 heteroatoms. The molecule has 1 aromatic carbocycles. The second-order valence-electron chi connectivity index (χ2n) is 3.29. The van der Waals surface area contributed by atoms with Crippen molar-refractivity contribution in [2.75, 3.05) is 0 Å². The van der Waals surface area contributed by atoms with E-state index >= 15 is 0 Å². The summed E-state index contributed by atoms with van der Waals surface area (Å²) in [6, 6.07) is 9.75. The summed E-state index contributed by atoms with van der Waals surface area (Å²) in [5.41, 5.74) is 6.92. The highest BCUT2D eigenvalue weighted by Crippen LogP contribution is 2.30. The summed E-state index contributed by atoms with van der Waals surface area (Å²) in [5, 5.41) is 0. The molecule has 12 heavy (non-hydrogen) atoms. The van der Waals surface area contributed by atoms with Gasteiger partial charge in [-0.05, 0) is 11.5 Å². The molecule has 66 valence electrons. The number of halogens is 1. The third kappa shape index (κ3) is 1.79. The SMILES string of the molecule is CC(C)C(N)(Cl)c1ccccc1. The van der Waals surface area contributed by atoms with Crippen molar-refractivity contribution in [3.63, 3.8) is 0 Å². The minimum Gasteiger partial charge on any atom is -0.309 e. The van der Waals surface area contributed by atoms with Gasteiger partial charge in [-0.1, -0.05) is 55.8 Å². The number of nitrogens with two attached hydrogens (primary N) is 1. The lowest BCUT2D eigenvalue weighted by molar-refractivity contribution is 0.453. The summed E-state index contributed by atoms with van der Waals surface area (Å²) in [4.78, 5) is -0.735. The molecule has 0 aliphatic heterocycles. The second-order valence-corrected chi connectivity index (χ2v) is 3.91. The van der Waals surface area contributed by atoms with E-state index in [4.69, 9.17) is 17.3 Å². The molecular formula is C10H14ClN. The lowest BCUT2D eigenvalue weighted by Gasteiger charge is -2.26. The van der Waals surface area contributed by atoms with Crippen LogP contribution in [0.2, 0.25) is 0 Å². The van der Waals surface area contributed by atoms with Crippen molar-refractivity contribution in [3.05, 3.63) is 35.9 Å². The molecule has 1 nitrogen and oxygen atoms in total. The van der Waals surface area contributed by atoms with Crippen LogP contribution in [0.4, 0.5) is 0 Å². The predicted molar refractivity (Wildman–Crippen MR) is 53.0 cm³/mol. The Morgan fingerprint density at radius 3 is 2.17 bits per heavy atom. The van der Waals surface area contributed by atoms with Gasteiger partial charge in [-0.15, -0.1) is 0 Å². The van der Waals surface area contributed by atoms with Gasteiger partial charge in [-0.3, -0.25) is 0 Å². The summed E-state index contributed by atoms with van der Waals surface area (Å²) in [6.45, 7) is 4.03. The maximum Gasteiger partial charge on any atom is 0.119 e. The van der Waals surface area contributed by atoms with Crippen molar-refractivity contribution in [1.82, 2.24) is 0 Å². The Labute approximate surface area is 78.5 Å². The van der Waals surface area contributed by atoms with Gasteiger partial charge in [-0.2, -0.15) is 0 Å². The molecule has 0 heterocycles. The molecule has 0 bridgehead atoms. The standard InChI is InChI=1S/C10H14ClN/c1-8(2)10(11,12)9-6-4-3-5-7-9/h3-8H,12H2,1-2H3. The van der Waals surface area contributed by atoms with Crippen LogP contribution in [0.25, 0.3) is 0 Å². The van der Waals surface area contributed by atoms with Gasteiger partial charge in [0.15, 0.2) is 0 Å². The number of rotatable bonds is 2. The molecule has 2 N–H and O–H groups in total. The molecule has 1 unspecified atom stereocenters. The van der Waals surface area contributed by atoms with E-state index in [2.05, 4.69) is 0 Å². The molecule has 1 atom stereocenters. The first-order chi connectivity index (χ1) is 5.55. The highest BCUT2D eigenvalue weighted by atomic mass is 35.5. The Bertz CT molecular complexity index is 241. The fraction of sp³-hybridized carbons (Fsp3) is 0.400. The third-order valence-electron chi connectivity index (χ3n) is 2.06. The smallest absolute Gasteiger partial charge is 0.119 e. The Balaban J connectivity index is 2.98. The van der Waals surface area contributed by atoms with Crippen molar-refractivity contribution >= 4 is 11.6 Å². The van der Waals surface area contributed by atoms with E-state index in [1.54, 1.807) is 0 Å². The van der Waals surface area contributed by atoms with Gasteiger partial charge in [0, 0.05) is 0 Å². The summed E-state index contributed by atoms with van der Waals surface area (Å²) >= 11 is 6.17. The normalized spacial score (nSPS) is 16.1. The van der Waals surface area contributed by atoms with Gasteiger partial charge in [0.05, 0.1) is 0 Å². The van der Waals surface area contributed by atoms with Crippen LogP contribution < -0.4 is 5.73 Å². The maximum absolute atomic E-state index is 6.17.